The third-order valence-electron chi connectivity index (χ3n) is 2.01. The summed E-state index contributed by atoms with van der Waals surface area (Å²) in [6, 6.07) is 11.8. The summed E-state index contributed by atoms with van der Waals surface area (Å²) in [6.07, 6.45) is 1.51. The first-order valence-electron chi connectivity index (χ1n) is 4.80. The fourth-order valence-corrected chi connectivity index (χ4v) is 1.24. The summed E-state index contributed by atoms with van der Waals surface area (Å²) in [5.41, 5.74) is 2.04. The van der Waals surface area contributed by atoms with E-state index >= 15 is 0 Å². The highest BCUT2D eigenvalue weighted by Gasteiger charge is 1.96. The minimum absolute atomic E-state index is 0.539. The second-order valence-electron chi connectivity index (χ2n) is 3.27. The molecule has 0 amide bonds. The molecular formula is C12H12N2O. The highest BCUT2D eigenvalue weighted by Crippen LogP contribution is 2.08. The van der Waals surface area contributed by atoms with Crippen molar-refractivity contribution in [2.24, 2.45) is 0 Å². The normalized spacial score (nSPS) is 9.93. The molecule has 0 saturated heterocycles. The van der Waals surface area contributed by atoms with Gasteiger partial charge < -0.3 is 4.74 Å². The lowest BCUT2D eigenvalue weighted by Gasteiger charge is -2.04. The van der Waals surface area contributed by atoms with Gasteiger partial charge in [0.2, 0.25) is 5.88 Å². The van der Waals surface area contributed by atoms with Gasteiger partial charge in [-0.2, -0.15) is 0 Å². The molecule has 1 aromatic carbocycles. The SMILES string of the molecule is Cc1cc(OCc2ccccc2)ncn1. The molecule has 0 N–H and O–H groups in total. The van der Waals surface area contributed by atoms with Crippen LogP contribution < -0.4 is 4.74 Å². The van der Waals surface area contributed by atoms with Crippen molar-refractivity contribution in [2.75, 3.05) is 0 Å². The molecule has 2 rings (SSSR count). The minimum Gasteiger partial charge on any atom is -0.473 e. The fourth-order valence-electron chi connectivity index (χ4n) is 1.24. The molecule has 1 heterocycles. The van der Waals surface area contributed by atoms with Gasteiger partial charge >= 0.3 is 0 Å². The van der Waals surface area contributed by atoms with Crippen LogP contribution in [0.1, 0.15) is 11.3 Å². The summed E-state index contributed by atoms with van der Waals surface area (Å²) in [7, 11) is 0. The van der Waals surface area contributed by atoms with E-state index in [4.69, 9.17) is 4.74 Å². The quantitative estimate of drug-likeness (QED) is 0.762. The van der Waals surface area contributed by atoms with Gasteiger partial charge in [-0.05, 0) is 12.5 Å². The van der Waals surface area contributed by atoms with Crippen molar-refractivity contribution in [1.82, 2.24) is 9.97 Å². The van der Waals surface area contributed by atoms with Crippen LogP contribution in [0.25, 0.3) is 0 Å². The Bertz CT molecular complexity index is 429. The van der Waals surface area contributed by atoms with Crippen LogP contribution in [-0.2, 0) is 6.61 Å². The highest BCUT2D eigenvalue weighted by molar-refractivity contribution is 5.16. The molecule has 0 saturated carbocycles. The van der Waals surface area contributed by atoms with Crippen molar-refractivity contribution in [3.8, 4) is 5.88 Å². The van der Waals surface area contributed by atoms with E-state index < -0.39 is 0 Å². The van der Waals surface area contributed by atoms with E-state index in [0.717, 1.165) is 11.3 Å². The van der Waals surface area contributed by atoms with E-state index in [1.54, 1.807) is 0 Å². The van der Waals surface area contributed by atoms with Crippen molar-refractivity contribution in [3.05, 3.63) is 54.0 Å². The van der Waals surface area contributed by atoms with Crippen LogP contribution in [0.15, 0.2) is 42.7 Å². The molecule has 0 aliphatic rings. The molecule has 0 spiro atoms. The molecule has 0 atom stereocenters. The number of aryl methyl sites for hydroxylation is 1. The van der Waals surface area contributed by atoms with Crippen molar-refractivity contribution < 1.29 is 4.74 Å². The molecule has 0 aliphatic heterocycles. The number of nitrogens with zero attached hydrogens (tertiary/aromatic N) is 2. The Hall–Kier alpha value is -1.90. The zero-order valence-corrected chi connectivity index (χ0v) is 8.55. The number of rotatable bonds is 3. The zero-order chi connectivity index (χ0) is 10.5. The number of ether oxygens (including phenoxy) is 1. The lowest BCUT2D eigenvalue weighted by atomic mass is 10.2. The van der Waals surface area contributed by atoms with Crippen molar-refractivity contribution in [2.45, 2.75) is 13.5 Å². The molecule has 2 aromatic rings. The summed E-state index contributed by atoms with van der Waals surface area (Å²) in [5, 5.41) is 0. The Morgan fingerprint density at radius 3 is 2.67 bits per heavy atom. The van der Waals surface area contributed by atoms with Gasteiger partial charge in [-0.1, -0.05) is 30.3 Å². The first kappa shape index (κ1) is 9.65. The summed E-state index contributed by atoms with van der Waals surface area (Å²) in [4.78, 5) is 8.03. The van der Waals surface area contributed by atoms with Crippen LogP contribution >= 0.6 is 0 Å². The maximum Gasteiger partial charge on any atom is 0.216 e. The van der Waals surface area contributed by atoms with Gasteiger partial charge in [0.1, 0.15) is 12.9 Å². The van der Waals surface area contributed by atoms with Crippen LogP contribution in [0.5, 0.6) is 5.88 Å². The Kier molecular flexibility index (Phi) is 2.93. The molecule has 0 fully saturated rings. The van der Waals surface area contributed by atoms with E-state index in [9.17, 15) is 0 Å². The lowest BCUT2D eigenvalue weighted by molar-refractivity contribution is 0.293. The van der Waals surface area contributed by atoms with Crippen LogP contribution in [0.3, 0.4) is 0 Å². The lowest BCUT2D eigenvalue weighted by Crippen LogP contribution is -1.97. The number of benzene rings is 1. The smallest absolute Gasteiger partial charge is 0.216 e. The van der Waals surface area contributed by atoms with E-state index in [-0.39, 0.29) is 0 Å². The van der Waals surface area contributed by atoms with Gasteiger partial charge in [0.05, 0.1) is 0 Å². The Morgan fingerprint density at radius 2 is 1.93 bits per heavy atom. The van der Waals surface area contributed by atoms with Gasteiger partial charge in [-0.15, -0.1) is 0 Å². The van der Waals surface area contributed by atoms with E-state index in [1.165, 1.54) is 6.33 Å². The predicted octanol–water partition coefficient (Wildman–Crippen LogP) is 2.36. The van der Waals surface area contributed by atoms with Crippen LogP contribution in [0, 0.1) is 6.92 Å². The number of hydrogen-bond acceptors (Lipinski definition) is 3. The zero-order valence-electron chi connectivity index (χ0n) is 8.55. The van der Waals surface area contributed by atoms with Gasteiger partial charge in [0, 0.05) is 11.8 Å². The monoisotopic (exact) mass is 200 g/mol. The summed E-state index contributed by atoms with van der Waals surface area (Å²) in [6.45, 7) is 2.45. The molecule has 0 aliphatic carbocycles. The standard InChI is InChI=1S/C12H12N2O/c1-10-7-12(14-9-13-10)15-8-11-5-3-2-4-6-11/h2-7,9H,8H2,1H3. The van der Waals surface area contributed by atoms with Gasteiger partial charge in [-0.25, -0.2) is 9.97 Å². The Morgan fingerprint density at radius 1 is 1.13 bits per heavy atom. The fraction of sp³-hybridized carbons (Fsp3) is 0.167. The first-order chi connectivity index (χ1) is 7.34. The molecule has 0 unspecified atom stereocenters. The van der Waals surface area contributed by atoms with Gasteiger partial charge in [0.25, 0.3) is 0 Å². The van der Waals surface area contributed by atoms with Crippen LogP contribution in [0.2, 0.25) is 0 Å². The molecule has 0 radical (unpaired) electrons. The summed E-state index contributed by atoms with van der Waals surface area (Å²) >= 11 is 0. The van der Waals surface area contributed by atoms with Crippen molar-refractivity contribution >= 4 is 0 Å². The highest BCUT2D eigenvalue weighted by atomic mass is 16.5. The average molecular weight is 200 g/mol. The third-order valence-corrected chi connectivity index (χ3v) is 2.01. The van der Waals surface area contributed by atoms with E-state index in [0.29, 0.717) is 12.5 Å². The van der Waals surface area contributed by atoms with E-state index in [1.807, 2.05) is 43.3 Å². The molecule has 76 valence electrons. The second kappa shape index (κ2) is 4.55. The third kappa shape index (κ3) is 2.77. The number of hydrogen-bond donors (Lipinski definition) is 0. The predicted molar refractivity (Wildman–Crippen MR) is 57.5 cm³/mol. The van der Waals surface area contributed by atoms with Gasteiger partial charge in [-0.3, -0.25) is 0 Å². The molecule has 3 heteroatoms. The van der Waals surface area contributed by atoms with Crippen molar-refractivity contribution in [1.29, 1.82) is 0 Å². The maximum absolute atomic E-state index is 5.52. The molecule has 3 nitrogen and oxygen atoms in total. The minimum atomic E-state index is 0.539. The number of aromatic nitrogens is 2. The van der Waals surface area contributed by atoms with Gasteiger partial charge in [0.15, 0.2) is 0 Å². The molecule has 0 bridgehead atoms. The van der Waals surface area contributed by atoms with Crippen molar-refractivity contribution in [3.63, 3.8) is 0 Å². The van der Waals surface area contributed by atoms with Crippen LogP contribution in [0.4, 0.5) is 0 Å². The summed E-state index contributed by atoms with van der Waals surface area (Å²) < 4.78 is 5.52. The van der Waals surface area contributed by atoms with Crippen LogP contribution in [-0.4, -0.2) is 9.97 Å². The largest absolute Gasteiger partial charge is 0.473 e. The second-order valence-corrected chi connectivity index (χ2v) is 3.27. The molecular weight excluding hydrogens is 188 g/mol. The Labute approximate surface area is 88.8 Å². The average Bonchev–Trinajstić information content (AvgIpc) is 2.28. The molecule has 15 heavy (non-hydrogen) atoms. The maximum atomic E-state index is 5.52. The molecule has 1 aromatic heterocycles. The summed E-state index contributed by atoms with van der Waals surface area (Å²) in [5.74, 6) is 0.617. The van der Waals surface area contributed by atoms with E-state index in [2.05, 4.69) is 9.97 Å². The first-order valence-corrected chi connectivity index (χ1v) is 4.80. The topological polar surface area (TPSA) is 35.0 Å². The Balaban J connectivity index is 1.99.